The first-order valence-electron chi connectivity index (χ1n) is 9.25. The second-order valence-electron chi connectivity index (χ2n) is 6.89. The third-order valence-corrected chi connectivity index (χ3v) is 4.81. The van der Waals surface area contributed by atoms with Crippen molar-refractivity contribution in [2.75, 3.05) is 19.6 Å². The van der Waals surface area contributed by atoms with Crippen molar-refractivity contribution in [2.45, 2.75) is 31.9 Å². The predicted molar refractivity (Wildman–Crippen MR) is 99.2 cm³/mol. The molecule has 3 aromatic rings. The van der Waals surface area contributed by atoms with E-state index in [1.165, 1.54) is 0 Å². The van der Waals surface area contributed by atoms with E-state index in [1.807, 2.05) is 24.3 Å². The number of carbonyl (C=O) groups is 1. The van der Waals surface area contributed by atoms with Crippen LogP contribution in [0.25, 0.3) is 11.0 Å². The van der Waals surface area contributed by atoms with Crippen LogP contribution >= 0.6 is 0 Å². The van der Waals surface area contributed by atoms with Gasteiger partial charge in [-0.05, 0) is 25.0 Å². The monoisotopic (exact) mass is 369 g/mol. The van der Waals surface area contributed by atoms with E-state index in [1.54, 1.807) is 6.07 Å². The van der Waals surface area contributed by atoms with Crippen LogP contribution in [0.15, 0.2) is 34.9 Å². The number of carbonyl (C=O) groups excluding carboxylic acids is 1. The number of piperidine rings is 1. The smallest absolute Gasteiger partial charge is 0.273 e. The van der Waals surface area contributed by atoms with Crippen molar-refractivity contribution in [3.05, 3.63) is 47.6 Å². The molecule has 0 bridgehead atoms. The summed E-state index contributed by atoms with van der Waals surface area (Å²) in [6.07, 6.45) is 1.94. The zero-order chi connectivity index (χ0) is 18.6. The van der Waals surface area contributed by atoms with Crippen molar-refractivity contribution in [1.29, 1.82) is 0 Å². The number of benzene rings is 1. The first-order chi connectivity index (χ1) is 13.2. The standard InChI is InChI=1S/C19H23N5O3/c25-13-6-9-24(10-7-13)12-14-11-17(23-27-14)19(26)20-8-5-18-21-15-3-1-2-4-16(15)22-18/h1-4,11,13,25H,5-10,12H2,(H,20,26)(H,21,22). The number of likely N-dealkylation sites (tertiary alicyclic amines) is 1. The van der Waals surface area contributed by atoms with Gasteiger partial charge < -0.3 is 19.9 Å². The number of aromatic amines is 1. The molecule has 0 aliphatic carbocycles. The lowest BCUT2D eigenvalue weighted by Gasteiger charge is -2.28. The van der Waals surface area contributed by atoms with Crippen LogP contribution in [0.5, 0.6) is 0 Å². The number of aliphatic hydroxyl groups is 1. The largest absolute Gasteiger partial charge is 0.393 e. The number of H-pyrrole nitrogens is 1. The van der Waals surface area contributed by atoms with Gasteiger partial charge in [-0.25, -0.2) is 4.98 Å². The molecule has 1 aliphatic rings. The maximum atomic E-state index is 12.2. The Kier molecular flexibility index (Phi) is 5.17. The molecule has 142 valence electrons. The van der Waals surface area contributed by atoms with Crippen molar-refractivity contribution in [3.63, 3.8) is 0 Å². The second-order valence-corrected chi connectivity index (χ2v) is 6.89. The molecular weight excluding hydrogens is 346 g/mol. The Labute approximate surface area is 156 Å². The van der Waals surface area contributed by atoms with Crippen molar-refractivity contribution < 1.29 is 14.4 Å². The van der Waals surface area contributed by atoms with E-state index in [0.717, 1.165) is 42.8 Å². The van der Waals surface area contributed by atoms with Crippen LogP contribution in [-0.4, -0.2) is 56.8 Å². The van der Waals surface area contributed by atoms with Gasteiger partial charge in [0.25, 0.3) is 5.91 Å². The molecular formula is C19H23N5O3. The second kappa shape index (κ2) is 7.89. The summed E-state index contributed by atoms with van der Waals surface area (Å²) in [6, 6.07) is 9.52. The van der Waals surface area contributed by atoms with E-state index in [0.29, 0.717) is 25.3 Å². The lowest BCUT2D eigenvalue weighted by Crippen LogP contribution is -2.35. The van der Waals surface area contributed by atoms with E-state index in [-0.39, 0.29) is 17.7 Å². The molecule has 0 saturated carbocycles. The van der Waals surface area contributed by atoms with Crippen LogP contribution in [0.4, 0.5) is 0 Å². The highest BCUT2D eigenvalue weighted by atomic mass is 16.5. The van der Waals surface area contributed by atoms with Gasteiger partial charge in [0, 0.05) is 32.1 Å². The molecule has 2 aromatic heterocycles. The molecule has 3 heterocycles. The van der Waals surface area contributed by atoms with Crippen molar-refractivity contribution in [1.82, 2.24) is 25.3 Å². The fraction of sp³-hybridized carbons (Fsp3) is 0.421. The van der Waals surface area contributed by atoms with Crippen LogP contribution < -0.4 is 5.32 Å². The predicted octanol–water partition coefficient (Wildman–Crippen LogP) is 1.48. The molecule has 1 fully saturated rings. The van der Waals surface area contributed by atoms with Gasteiger partial charge in [-0.3, -0.25) is 9.69 Å². The van der Waals surface area contributed by atoms with E-state index in [2.05, 4.69) is 25.3 Å². The van der Waals surface area contributed by atoms with Gasteiger partial charge in [0.05, 0.1) is 23.7 Å². The summed E-state index contributed by atoms with van der Waals surface area (Å²) in [6.45, 7) is 2.71. The number of nitrogens with one attached hydrogen (secondary N) is 2. The van der Waals surface area contributed by atoms with E-state index in [9.17, 15) is 9.90 Å². The molecule has 0 unspecified atom stereocenters. The van der Waals surface area contributed by atoms with Gasteiger partial charge in [0.1, 0.15) is 5.82 Å². The normalized spacial score (nSPS) is 16.0. The molecule has 4 rings (SSSR count). The number of aromatic nitrogens is 3. The number of amides is 1. The van der Waals surface area contributed by atoms with E-state index >= 15 is 0 Å². The number of rotatable bonds is 6. The summed E-state index contributed by atoms with van der Waals surface area (Å²) in [5, 5.41) is 16.3. The van der Waals surface area contributed by atoms with E-state index < -0.39 is 0 Å². The summed E-state index contributed by atoms with van der Waals surface area (Å²) in [7, 11) is 0. The number of fused-ring (bicyclic) bond motifs is 1. The molecule has 0 spiro atoms. The Hall–Kier alpha value is -2.71. The van der Waals surface area contributed by atoms with Gasteiger partial charge in [-0.2, -0.15) is 0 Å². The Bertz CT molecular complexity index is 878. The molecule has 1 aliphatic heterocycles. The fourth-order valence-electron chi connectivity index (χ4n) is 3.30. The Morgan fingerprint density at radius 3 is 2.96 bits per heavy atom. The molecule has 1 amide bonds. The van der Waals surface area contributed by atoms with Gasteiger partial charge >= 0.3 is 0 Å². The third-order valence-electron chi connectivity index (χ3n) is 4.81. The van der Waals surface area contributed by atoms with Crippen molar-refractivity contribution >= 4 is 16.9 Å². The Morgan fingerprint density at radius 2 is 2.15 bits per heavy atom. The van der Waals surface area contributed by atoms with Gasteiger partial charge in [0.2, 0.25) is 0 Å². The quantitative estimate of drug-likeness (QED) is 0.608. The maximum absolute atomic E-state index is 12.2. The van der Waals surface area contributed by atoms with E-state index in [4.69, 9.17) is 4.52 Å². The van der Waals surface area contributed by atoms with Gasteiger partial charge in [0.15, 0.2) is 11.5 Å². The van der Waals surface area contributed by atoms with Crippen LogP contribution in [-0.2, 0) is 13.0 Å². The summed E-state index contributed by atoms with van der Waals surface area (Å²) in [4.78, 5) is 22.2. The van der Waals surface area contributed by atoms with Crippen LogP contribution in [0, 0.1) is 0 Å². The number of hydrogen-bond donors (Lipinski definition) is 3. The zero-order valence-corrected chi connectivity index (χ0v) is 15.0. The minimum absolute atomic E-state index is 0.205. The molecule has 27 heavy (non-hydrogen) atoms. The molecule has 1 aromatic carbocycles. The number of para-hydroxylation sites is 2. The lowest BCUT2D eigenvalue weighted by molar-refractivity contribution is 0.0748. The average Bonchev–Trinajstić information content (AvgIpc) is 3.30. The fourth-order valence-corrected chi connectivity index (χ4v) is 3.30. The number of imidazole rings is 1. The maximum Gasteiger partial charge on any atom is 0.273 e. The molecule has 0 atom stereocenters. The highest BCUT2D eigenvalue weighted by Gasteiger charge is 2.19. The molecule has 3 N–H and O–H groups in total. The minimum Gasteiger partial charge on any atom is -0.393 e. The summed E-state index contributed by atoms with van der Waals surface area (Å²) in [5.74, 6) is 1.24. The molecule has 8 nitrogen and oxygen atoms in total. The summed E-state index contributed by atoms with van der Waals surface area (Å²) >= 11 is 0. The van der Waals surface area contributed by atoms with Crippen LogP contribution in [0.1, 0.15) is 34.9 Å². The number of nitrogens with zero attached hydrogens (tertiary/aromatic N) is 3. The zero-order valence-electron chi connectivity index (χ0n) is 15.0. The van der Waals surface area contributed by atoms with Crippen molar-refractivity contribution in [2.24, 2.45) is 0 Å². The first kappa shape index (κ1) is 17.7. The number of aliphatic hydroxyl groups excluding tert-OH is 1. The Morgan fingerprint density at radius 1 is 1.33 bits per heavy atom. The topological polar surface area (TPSA) is 107 Å². The summed E-state index contributed by atoms with van der Waals surface area (Å²) in [5.41, 5.74) is 2.20. The van der Waals surface area contributed by atoms with Crippen molar-refractivity contribution in [3.8, 4) is 0 Å². The highest BCUT2D eigenvalue weighted by molar-refractivity contribution is 5.92. The molecule has 0 radical (unpaired) electrons. The summed E-state index contributed by atoms with van der Waals surface area (Å²) < 4.78 is 5.29. The average molecular weight is 369 g/mol. The first-order valence-corrected chi connectivity index (χ1v) is 9.25. The molecule has 8 heteroatoms. The van der Waals surface area contributed by atoms with Crippen LogP contribution in [0.3, 0.4) is 0 Å². The number of hydrogen-bond acceptors (Lipinski definition) is 6. The third kappa shape index (κ3) is 4.35. The minimum atomic E-state index is -0.254. The lowest BCUT2D eigenvalue weighted by atomic mass is 10.1. The SMILES string of the molecule is O=C(NCCc1nc2ccccc2[nH]1)c1cc(CN2CCC(O)CC2)on1. The Balaban J connectivity index is 1.26. The van der Waals surface area contributed by atoms with Crippen LogP contribution in [0.2, 0.25) is 0 Å². The molecule has 1 saturated heterocycles. The highest BCUT2D eigenvalue weighted by Crippen LogP contribution is 2.14. The van der Waals surface area contributed by atoms with Gasteiger partial charge in [-0.15, -0.1) is 0 Å². The van der Waals surface area contributed by atoms with Gasteiger partial charge in [-0.1, -0.05) is 17.3 Å².